The smallest absolute Gasteiger partial charge is 0.276 e. The number of rotatable bonds is 11. The molecule has 0 atom stereocenters. The highest BCUT2D eigenvalue weighted by molar-refractivity contribution is 5.80. The summed E-state index contributed by atoms with van der Waals surface area (Å²) in [6.07, 6.45) is 7.12. The van der Waals surface area contributed by atoms with Crippen LogP contribution in [0.2, 0.25) is 0 Å². The van der Waals surface area contributed by atoms with E-state index in [-0.39, 0.29) is 33.9 Å². The monoisotopic (exact) mass is 640 g/mol. The van der Waals surface area contributed by atoms with Gasteiger partial charge in [-0.3, -0.25) is 29.8 Å². The number of unbranched alkanes of at least 4 members (excludes halogenated alkanes) is 1. The number of fused-ring (bicyclic) bond motifs is 2. The molecular weight excluding hydrogens is 612 g/mol. The van der Waals surface area contributed by atoms with Crippen molar-refractivity contribution in [2.24, 2.45) is 0 Å². The average molecular weight is 641 g/mol. The lowest BCUT2D eigenvalue weighted by molar-refractivity contribution is -0.385. The number of aromatic nitrogens is 4. The van der Waals surface area contributed by atoms with Gasteiger partial charge in [-0.1, -0.05) is 48.5 Å². The second-order valence-corrected chi connectivity index (χ2v) is 10.9. The van der Waals surface area contributed by atoms with Crippen LogP contribution in [0.15, 0.2) is 107 Å². The van der Waals surface area contributed by atoms with Crippen LogP contribution in [0.4, 0.5) is 11.4 Å². The van der Waals surface area contributed by atoms with E-state index in [1.54, 1.807) is 57.7 Å². The first-order chi connectivity index (χ1) is 23.3. The van der Waals surface area contributed by atoms with Gasteiger partial charge in [-0.2, -0.15) is 0 Å². The maximum atomic E-state index is 13.6. The third-order valence-electron chi connectivity index (χ3n) is 7.88. The molecule has 12 nitrogen and oxygen atoms in total. The summed E-state index contributed by atoms with van der Waals surface area (Å²) in [7, 11) is 0. The van der Waals surface area contributed by atoms with E-state index >= 15 is 0 Å². The number of nitrogens with zero attached hydrogens (tertiary/aromatic N) is 6. The molecule has 0 amide bonds. The quantitative estimate of drug-likeness (QED) is 0.0856. The van der Waals surface area contributed by atoms with Gasteiger partial charge >= 0.3 is 0 Å². The standard InChI is InChI=1S/C36H28N6O6/c43-35-29(21-19-25-11-1-5-15-31(25)41(45)46)37-27-13-3-7-17-33(27)39(35)23-9-10-24-40-34-18-8-4-14-28(34)38-30(36(40)44)22-20-26-12-2-6-16-32(26)42(47)48/h1-8,11-22H,9-10,23-24H2/b21-19+,22-20+. The molecule has 12 heteroatoms. The molecule has 238 valence electrons. The van der Waals surface area contributed by atoms with Crippen LogP contribution in [0.1, 0.15) is 35.4 Å². The minimum absolute atomic E-state index is 0.0752. The Hall–Kier alpha value is -6.56. The summed E-state index contributed by atoms with van der Waals surface area (Å²) >= 11 is 0. The highest BCUT2D eigenvalue weighted by Gasteiger charge is 2.14. The van der Waals surface area contributed by atoms with Gasteiger partial charge in [-0.05, 0) is 73.5 Å². The van der Waals surface area contributed by atoms with Crippen LogP contribution >= 0.6 is 0 Å². The molecule has 0 saturated heterocycles. The van der Waals surface area contributed by atoms with Crippen LogP contribution in [-0.4, -0.2) is 28.9 Å². The molecular formula is C36H28N6O6. The number of hydrogen-bond donors (Lipinski definition) is 0. The van der Waals surface area contributed by atoms with Gasteiger partial charge in [0.05, 0.1) is 43.0 Å². The summed E-state index contributed by atoms with van der Waals surface area (Å²) in [6.45, 7) is 0.687. The maximum Gasteiger partial charge on any atom is 0.276 e. The van der Waals surface area contributed by atoms with E-state index in [0.29, 0.717) is 59.1 Å². The minimum atomic E-state index is -0.474. The minimum Gasteiger partial charge on any atom is -0.305 e. The molecule has 4 aromatic carbocycles. The number of aryl methyl sites for hydroxylation is 2. The molecule has 0 bridgehead atoms. The summed E-state index contributed by atoms with van der Waals surface area (Å²) in [5.41, 5.74) is 2.70. The molecule has 0 spiro atoms. The fraction of sp³-hybridized carbons (Fsp3) is 0.111. The topological polar surface area (TPSA) is 156 Å². The Bertz CT molecular complexity index is 2210. The van der Waals surface area contributed by atoms with Gasteiger partial charge in [0.1, 0.15) is 11.4 Å². The third-order valence-corrected chi connectivity index (χ3v) is 7.88. The van der Waals surface area contributed by atoms with E-state index in [2.05, 4.69) is 9.97 Å². The number of benzene rings is 4. The normalized spacial score (nSPS) is 11.6. The molecule has 6 aromatic rings. The lowest BCUT2D eigenvalue weighted by Gasteiger charge is -2.13. The zero-order chi connectivity index (χ0) is 33.6. The van der Waals surface area contributed by atoms with E-state index in [1.807, 2.05) is 36.4 Å². The van der Waals surface area contributed by atoms with Crippen molar-refractivity contribution in [3.05, 3.63) is 161 Å². The van der Waals surface area contributed by atoms with Gasteiger partial charge in [-0.15, -0.1) is 0 Å². The Morgan fingerprint density at radius 2 is 0.917 bits per heavy atom. The molecule has 0 unspecified atom stereocenters. The molecule has 6 rings (SSSR count). The molecule has 0 N–H and O–H groups in total. The van der Waals surface area contributed by atoms with E-state index in [1.165, 1.54) is 36.4 Å². The van der Waals surface area contributed by atoms with Gasteiger partial charge in [0, 0.05) is 25.2 Å². The number of para-hydroxylation sites is 6. The second-order valence-electron chi connectivity index (χ2n) is 10.9. The van der Waals surface area contributed by atoms with Gasteiger partial charge in [0.25, 0.3) is 22.5 Å². The first-order valence-electron chi connectivity index (χ1n) is 15.1. The van der Waals surface area contributed by atoms with Crippen LogP contribution in [0.3, 0.4) is 0 Å². The SMILES string of the molecule is O=c1c(/C=C/c2ccccc2[N+](=O)[O-])nc2ccccc2n1CCCCn1c(=O)c(/C=C/c2ccccc2[N+](=O)[O-])nc2ccccc21. The fourth-order valence-corrected chi connectivity index (χ4v) is 5.55. The van der Waals surface area contributed by atoms with Crippen molar-refractivity contribution >= 4 is 57.7 Å². The van der Waals surface area contributed by atoms with Crippen LogP contribution in [0.25, 0.3) is 46.4 Å². The predicted molar refractivity (Wildman–Crippen MR) is 185 cm³/mol. The Balaban J connectivity index is 1.27. The van der Waals surface area contributed by atoms with Crippen molar-refractivity contribution in [1.29, 1.82) is 0 Å². The van der Waals surface area contributed by atoms with Crippen molar-refractivity contribution in [2.45, 2.75) is 25.9 Å². The van der Waals surface area contributed by atoms with Crippen LogP contribution in [-0.2, 0) is 13.1 Å². The van der Waals surface area contributed by atoms with Crippen molar-refractivity contribution in [3.63, 3.8) is 0 Å². The number of hydrogen-bond acceptors (Lipinski definition) is 8. The van der Waals surface area contributed by atoms with Gasteiger partial charge in [-0.25, -0.2) is 9.97 Å². The zero-order valence-electron chi connectivity index (χ0n) is 25.5. The summed E-state index contributed by atoms with van der Waals surface area (Å²) in [5, 5.41) is 22.9. The van der Waals surface area contributed by atoms with E-state index < -0.39 is 9.85 Å². The molecule has 0 aliphatic carbocycles. The molecule has 0 aliphatic rings. The van der Waals surface area contributed by atoms with Crippen molar-refractivity contribution in [3.8, 4) is 0 Å². The van der Waals surface area contributed by atoms with Crippen LogP contribution < -0.4 is 11.1 Å². The van der Waals surface area contributed by atoms with Crippen molar-refractivity contribution < 1.29 is 9.85 Å². The van der Waals surface area contributed by atoms with Crippen LogP contribution in [0, 0.1) is 20.2 Å². The summed E-state index contributed by atoms with van der Waals surface area (Å²) in [5.74, 6) is 0. The van der Waals surface area contributed by atoms with E-state index in [4.69, 9.17) is 0 Å². The lowest BCUT2D eigenvalue weighted by atomic mass is 10.1. The third kappa shape index (κ3) is 6.53. The first kappa shape index (κ1) is 31.4. The van der Waals surface area contributed by atoms with E-state index in [9.17, 15) is 29.8 Å². The van der Waals surface area contributed by atoms with Crippen LogP contribution in [0.5, 0.6) is 0 Å². The molecule has 0 fully saturated rings. The second kappa shape index (κ2) is 13.8. The fourth-order valence-electron chi connectivity index (χ4n) is 5.55. The molecule has 2 aromatic heterocycles. The summed E-state index contributed by atoms with van der Waals surface area (Å²) in [4.78, 5) is 58.2. The molecule has 2 heterocycles. The lowest BCUT2D eigenvalue weighted by Crippen LogP contribution is -2.26. The molecule has 0 radical (unpaired) electrons. The van der Waals surface area contributed by atoms with Gasteiger partial charge in [0.15, 0.2) is 0 Å². The Morgan fingerprint density at radius 1 is 0.542 bits per heavy atom. The van der Waals surface area contributed by atoms with Crippen molar-refractivity contribution in [1.82, 2.24) is 19.1 Å². The Morgan fingerprint density at radius 3 is 1.33 bits per heavy atom. The number of nitro benzene ring substituents is 2. The summed E-state index contributed by atoms with van der Waals surface area (Å²) in [6, 6.07) is 27.1. The molecule has 48 heavy (non-hydrogen) atoms. The van der Waals surface area contributed by atoms with Gasteiger partial charge < -0.3 is 9.13 Å². The largest absolute Gasteiger partial charge is 0.305 e. The maximum absolute atomic E-state index is 13.6. The highest BCUT2D eigenvalue weighted by Crippen LogP contribution is 2.22. The summed E-state index contributed by atoms with van der Waals surface area (Å²) < 4.78 is 3.27. The zero-order valence-corrected chi connectivity index (χ0v) is 25.5. The van der Waals surface area contributed by atoms with Crippen molar-refractivity contribution in [2.75, 3.05) is 0 Å². The highest BCUT2D eigenvalue weighted by atomic mass is 16.6. The predicted octanol–water partition coefficient (Wildman–Crippen LogP) is 6.74. The van der Waals surface area contributed by atoms with E-state index in [0.717, 1.165) is 0 Å². The molecule has 0 aliphatic heterocycles. The Kier molecular flexibility index (Phi) is 9.05. The molecule has 0 saturated carbocycles. The van der Waals surface area contributed by atoms with Gasteiger partial charge in [0.2, 0.25) is 0 Å². The first-order valence-corrected chi connectivity index (χ1v) is 15.1. The Labute approximate surface area is 272 Å². The number of nitro groups is 2. The average Bonchev–Trinajstić information content (AvgIpc) is 3.10.